The van der Waals surface area contributed by atoms with Gasteiger partial charge in [0.15, 0.2) is 17.5 Å². The van der Waals surface area contributed by atoms with E-state index in [1.165, 1.54) is 6.42 Å². The molecule has 6 heteroatoms. The number of aliphatic imine (C=N–C) groups is 1. The third-order valence-corrected chi connectivity index (χ3v) is 5.06. The molecule has 0 bridgehead atoms. The number of methoxy groups -OCH3 is 1. The van der Waals surface area contributed by atoms with Gasteiger partial charge < -0.3 is 19.7 Å². The third kappa shape index (κ3) is 5.16. The van der Waals surface area contributed by atoms with Gasteiger partial charge in [0.25, 0.3) is 0 Å². The Morgan fingerprint density at radius 3 is 2.70 bits per heavy atom. The summed E-state index contributed by atoms with van der Waals surface area (Å²) in [5.41, 5.74) is 0. The second-order valence-corrected chi connectivity index (χ2v) is 7.09. The zero-order valence-electron chi connectivity index (χ0n) is 16.7. The van der Waals surface area contributed by atoms with Crippen molar-refractivity contribution in [2.45, 2.75) is 32.4 Å². The summed E-state index contributed by atoms with van der Waals surface area (Å²) in [7, 11) is 1.66. The van der Waals surface area contributed by atoms with Gasteiger partial charge in [0.2, 0.25) is 0 Å². The van der Waals surface area contributed by atoms with Crippen molar-refractivity contribution in [3.05, 3.63) is 36.4 Å². The highest BCUT2D eigenvalue weighted by Crippen LogP contribution is 2.26. The maximum atomic E-state index is 6.04. The van der Waals surface area contributed by atoms with Crippen molar-refractivity contribution in [3.8, 4) is 11.5 Å². The Bertz CT molecular complexity index is 653. The van der Waals surface area contributed by atoms with Crippen LogP contribution in [-0.2, 0) is 0 Å². The lowest BCUT2D eigenvalue weighted by Crippen LogP contribution is -2.43. The monoisotopic (exact) mass is 372 g/mol. The van der Waals surface area contributed by atoms with Crippen LogP contribution in [0.4, 0.5) is 0 Å². The molecule has 1 saturated heterocycles. The smallest absolute Gasteiger partial charge is 0.194 e. The number of benzene rings is 1. The molecule has 2 aliphatic heterocycles. The molecule has 1 aromatic carbocycles. The molecule has 0 spiro atoms. The molecule has 2 atom stereocenters. The van der Waals surface area contributed by atoms with Crippen LogP contribution in [-0.4, -0.2) is 74.3 Å². The first-order chi connectivity index (χ1) is 13.2. The largest absolute Gasteiger partial charge is 0.493 e. The van der Waals surface area contributed by atoms with Gasteiger partial charge in [0.05, 0.1) is 13.7 Å². The number of guanidine groups is 1. The molecule has 0 aromatic heterocycles. The van der Waals surface area contributed by atoms with E-state index in [0.717, 1.165) is 50.2 Å². The van der Waals surface area contributed by atoms with E-state index in [4.69, 9.17) is 14.5 Å². The van der Waals surface area contributed by atoms with E-state index in [9.17, 15) is 0 Å². The molecule has 6 nitrogen and oxygen atoms in total. The van der Waals surface area contributed by atoms with Gasteiger partial charge in [-0.2, -0.15) is 0 Å². The van der Waals surface area contributed by atoms with Crippen molar-refractivity contribution in [2.24, 2.45) is 4.99 Å². The first-order valence-corrected chi connectivity index (χ1v) is 9.93. The number of rotatable bonds is 7. The minimum absolute atomic E-state index is 0.0314. The molecule has 0 aliphatic carbocycles. The van der Waals surface area contributed by atoms with E-state index >= 15 is 0 Å². The molecule has 27 heavy (non-hydrogen) atoms. The molecular formula is C21H32N4O2. The number of nitrogens with zero attached hydrogens (tertiary/aromatic N) is 3. The third-order valence-electron chi connectivity index (χ3n) is 5.06. The summed E-state index contributed by atoms with van der Waals surface area (Å²) in [6.07, 6.45) is 5.69. The summed E-state index contributed by atoms with van der Waals surface area (Å²) in [5.74, 6) is 2.50. The van der Waals surface area contributed by atoms with E-state index in [-0.39, 0.29) is 6.10 Å². The lowest BCUT2D eigenvalue weighted by molar-refractivity contribution is 0.218. The molecule has 2 heterocycles. The van der Waals surface area contributed by atoms with E-state index in [1.54, 1.807) is 7.11 Å². The van der Waals surface area contributed by atoms with Gasteiger partial charge in [-0.15, -0.1) is 0 Å². The predicted octanol–water partition coefficient (Wildman–Crippen LogP) is 2.37. The number of hydrogen-bond acceptors (Lipinski definition) is 4. The lowest BCUT2D eigenvalue weighted by Gasteiger charge is -2.25. The standard InChI is InChI=1S/C21H32N4O2/c1-4-22-21(25-14-11-18(16-25)24-12-7-8-13-24)23-15-17(2)27-20-10-6-5-9-19(20)26-3/h5-10,17-18H,4,11-16H2,1-3H3,(H,22,23). The van der Waals surface area contributed by atoms with Crippen molar-refractivity contribution in [2.75, 3.05) is 46.4 Å². The molecule has 0 radical (unpaired) electrons. The van der Waals surface area contributed by atoms with Crippen LogP contribution in [0.3, 0.4) is 0 Å². The fourth-order valence-electron chi connectivity index (χ4n) is 3.64. The number of ether oxygens (including phenoxy) is 2. The van der Waals surface area contributed by atoms with Crippen LogP contribution in [0.2, 0.25) is 0 Å². The Labute approximate surface area is 162 Å². The Balaban J connectivity index is 1.57. The van der Waals surface area contributed by atoms with Crippen LogP contribution in [0.5, 0.6) is 11.5 Å². The maximum absolute atomic E-state index is 6.04. The van der Waals surface area contributed by atoms with Gasteiger partial charge in [0, 0.05) is 38.8 Å². The number of nitrogens with one attached hydrogen (secondary N) is 1. The van der Waals surface area contributed by atoms with Crippen LogP contribution >= 0.6 is 0 Å². The summed E-state index contributed by atoms with van der Waals surface area (Å²) in [6.45, 7) is 9.88. The quantitative estimate of drug-likeness (QED) is 0.452. The zero-order valence-corrected chi connectivity index (χ0v) is 16.7. The summed E-state index contributed by atoms with van der Waals surface area (Å²) in [5, 5.41) is 3.44. The Morgan fingerprint density at radius 1 is 1.26 bits per heavy atom. The lowest BCUT2D eigenvalue weighted by atomic mass is 10.2. The second kappa shape index (κ2) is 9.65. The molecule has 2 unspecified atom stereocenters. The Hall–Kier alpha value is -2.21. The fourth-order valence-corrected chi connectivity index (χ4v) is 3.64. The molecule has 3 rings (SSSR count). The van der Waals surface area contributed by atoms with Crippen LogP contribution in [0.25, 0.3) is 0 Å². The summed E-state index contributed by atoms with van der Waals surface area (Å²) in [4.78, 5) is 9.76. The highest BCUT2D eigenvalue weighted by atomic mass is 16.5. The van der Waals surface area contributed by atoms with E-state index < -0.39 is 0 Å². The molecule has 2 aliphatic rings. The van der Waals surface area contributed by atoms with Crippen LogP contribution < -0.4 is 14.8 Å². The predicted molar refractivity (Wildman–Crippen MR) is 110 cm³/mol. The van der Waals surface area contributed by atoms with Gasteiger partial charge in [0.1, 0.15) is 6.10 Å². The highest BCUT2D eigenvalue weighted by Gasteiger charge is 2.29. The van der Waals surface area contributed by atoms with Gasteiger partial charge in [-0.05, 0) is 32.4 Å². The molecule has 148 valence electrons. The first-order valence-electron chi connectivity index (χ1n) is 9.93. The number of likely N-dealkylation sites (tertiary alicyclic amines) is 1. The topological polar surface area (TPSA) is 49.3 Å². The molecule has 0 amide bonds. The molecule has 1 aromatic rings. The normalized spacial score (nSPS) is 21.5. The van der Waals surface area contributed by atoms with E-state index in [0.29, 0.717) is 12.6 Å². The van der Waals surface area contributed by atoms with E-state index in [2.05, 4.69) is 34.2 Å². The van der Waals surface area contributed by atoms with Crippen molar-refractivity contribution < 1.29 is 9.47 Å². The maximum Gasteiger partial charge on any atom is 0.194 e. The fraction of sp³-hybridized carbons (Fsp3) is 0.571. The summed E-state index contributed by atoms with van der Waals surface area (Å²) >= 11 is 0. The minimum Gasteiger partial charge on any atom is -0.493 e. The molecule has 0 saturated carbocycles. The second-order valence-electron chi connectivity index (χ2n) is 7.09. The first kappa shape index (κ1) is 19.5. The zero-order chi connectivity index (χ0) is 19.1. The van der Waals surface area contributed by atoms with Crippen molar-refractivity contribution in [3.63, 3.8) is 0 Å². The van der Waals surface area contributed by atoms with Crippen molar-refractivity contribution in [1.29, 1.82) is 0 Å². The van der Waals surface area contributed by atoms with Gasteiger partial charge >= 0.3 is 0 Å². The SMILES string of the molecule is CCNC(=NCC(C)Oc1ccccc1OC)N1CCC(N2CC=CC2)C1. The van der Waals surface area contributed by atoms with Crippen LogP contribution in [0.15, 0.2) is 41.4 Å². The van der Waals surface area contributed by atoms with Crippen LogP contribution in [0.1, 0.15) is 20.3 Å². The average molecular weight is 373 g/mol. The Morgan fingerprint density at radius 2 is 2.00 bits per heavy atom. The number of hydrogen-bond donors (Lipinski definition) is 1. The summed E-state index contributed by atoms with van der Waals surface area (Å²) in [6, 6.07) is 8.35. The van der Waals surface area contributed by atoms with Gasteiger partial charge in [-0.3, -0.25) is 4.90 Å². The van der Waals surface area contributed by atoms with Gasteiger partial charge in [-0.1, -0.05) is 24.3 Å². The molecular weight excluding hydrogens is 340 g/mol. The Kier molecular flexibility index (Phi) is 6.98. The average Bonchev–Trinajstić information content (AvgIpc) is 3.37. The number of para-hydroxylation sites is 2. The van der Waals surface area contributed by atoms with Gasteiger partial charge in [-0.25, -0.2) is 4.99 Å². The molecule has 1 fully saturated rings. The molecule has 1 N–H and O–H groups in total. The van der Waals surface area contributed by atoms with Crippen LogP contribution in [0, 0.1) is 0 Å². The van der Waals surface area contributed by atoms with Crippen molar-refractivity contribution in [1.82, 2.24) is 15.1 Å². The van der Waals surface area contributed by atoms with Crippen molar-refractivity contribution >= 4 is 5.96 Å². The minimum atomic E-state index is -0.0314. The summed E-state index contributed by atoms with van der Waals surface area (Å²) < 4.78 is 11.4. The highest BCUT2D eigenvalue weighted by molar-refractivity contribution is 5.80. The van der Waals surface area contributed by atoms with E-state index in [1.807, 2.05) is 31.2 Å².